The molecule has 0 aromatic carbocycles. The zero-order valence-corrected chi connectivity index (χ0v) is 34.2. The van der Waals surface area contributed by atoms with Crippen LogP contribution in [0.5, 0.6) is 0 Å². The van der Waals surface area contributed by atoms with Gasteiger partial charge in [0.1, 0.15) is 0 Å². The number of carbonyl (C=O) groups is 1. The molecule has 0 bridgehead atoms. The molecule has 0 rings (SSSR count). The van der Waals surface area contributed by atoms with Crippen LogP contribution < -0.4 is 0 Å². The van der Waals surface area contributed by atoms with Crippen molar-refractivity contribution in [3.8, 4) is 0 Å². The molecule has 0 fully saturated rings. The Morgan fingerprint density at radius 3 is 1.49 bits per heavy atom. The highest BCUT2D eigenvalue weighted by atomic mass is 32.1. The zero-order valence-electron chi connectivity index (χ0n) is 33.3. The molecule has 0 aliphatic heterocycles. The number of unbranched alkanes of at least 4 members (excludes halogenated alkanes) is 21. The van der Waals surface area contributed by atoms with Gasteiger partial charge in [0.05, 0.1) is 12.7 Å². The molecule has 49 heavy (non-hydrogen) atoms. The fourth-order valence-corrected chi connectivity index (χ4v) is 7.46. The standard InChI is InChI=1S/C43H87NO4S/c1-4-7-10-13-16-17-18-19-22-26-32-41(46)37-44(35-29-36-45)38-42(49)33-27-23-28-34-43(47)48-39-40(30-24-20-14-11-8-5-2)31-25-21-15-12-9-6-3/h40-42,45-46,49H,4-39H2,1-3H3. The first-order chi connectivity index (χ1) is 24.0. The van der Waals surface area contributed by atoms with Crippen LogP contribution in [0, 0.1) is 5.92 Å². The SMILES string of the molecule is CCCCCCCCCCCCC(O)CN(CCCO)CC(S)CCCCCC(=O)OCC(CCCCCCCC)CCCCCCCC. The first-order valence-corrected chi connectivity index (χ1v) is 22.3. The normalized spacial score (nSPS) is 13.1. The molecule has 6 heteroatoms. The molecule has 0 aromatic rings. The van der Waals surface area contributed by atoms with Crippen LogP contribution >= 0.6 is 12.6 Å². The highest BCUT2D eigenvalue weighted by Crippen LogP contribution is 2.21. The van der Waals surface area contributed by atoms with Crippen molar-refractivity contribution in [3.05, 3.63) is 0 Å². The molecule has 2 N–H and O–H groups in total. The van der Waals surface area contributed by atoms with Gasteiger partial charge in [0.15, 0.2) is 0 Å². The minimum Gasteiger partial charge on any atom is -0.465 e. The summed E-state index contributed by atoms with van der Waals surface area (Å²) < 4.78 is 5.81. The van der Waals surface area contributed by atoms with E-state index in [1.165, 1.54) is 148 Å². The Morgan fingerprint density at radius 1 is 0.571 bits per heavy atom. The number of hydrogen-bond donors (Lipinski definition) is 3. The summed E-state index contributed by atoms with van der Waals surface area (Å²) in [6, 6.07) is 0. The van der Waals surface area contributed by atoms with Gasteiger partial charge >= 0.3 is 5.97 Å². The molecule has 0 spiro atoms. The summed E-state index contributed by atoms with van der Waals surface area (Å²) in [6.45, 7) is 9.89. The molecule has 294 valence electrons. The molecule has 5 nitrogen and oxygen atoms in total. The van der Waals surface area contributed by atoms with Gasteiger partial charge in [-0.05, 0) is 44.4 Å². The summed E-state index contributed by atoms with van der Waals surface area (Å²) >= 11 is 4.88. The molecule has 0 aliphatic carbocycles. The fraction of sp³-hybridized carbons (Fsp3) is 0.977. The number of rotatable bonds is 40. The number of carbonyl (C=O) groups excluding carboxylic acids is 1. The maximum Gasteiger partial charge on any atom is 0.305 e. The predicted molar refractivity (Wildman–Crippen MR) is 217 cm³/mol. The summed E-state index contributed by atoms with van der Waals surface area (Å²) in [5.74, 6) is 0.498. The lowest BCUT2D eigenvalue weighted by Gasteiger charge is -2.27. The predicted octanol–water partition coefficient (Wildman–Crippen LogP) is 12.3. The molecule has 0 radical (unpaired) electrons. The molecule has 0 saturated heterocycles. The quantitative estimate of drug-likeness (QED) is 0.0335. The number of thiol groups is 1. The summed E-state index contributed by atoms with van der Waals surface area (Å²) in [7, 11) is 0. The van der Waals surface area contributed by atoms with Gasteiger partial charge in [0.2, 0.25) is 0 Å². The van der Waals surface area contributed by atoms with E-state index in [9.17, 15) is 15.0 Å². The Balaban J connectivity index is 4.22. The van der Waals surface area contributed by atoms with Crippen LogP contribution in [0.25, 0.3) is 0 Å². The third-order valence-electron chi connectivity index (χ3n) is 10.3. The number of hydrogen-bond acceptors (Lipinski definition) is 6. The Bertz CT molecular complexity index is 650. The highest BCUT2D eigenvalue weighted by molar-refractivity contribution is 7.81. The van der Waals surface area contributed by atoms with Crippen molar-refractivity contribution < 1.29 is 19.7 Å². The van der Waals surface area contributed by atoms with Gasteiger partial charge in [-0.3, -0.25) is 9.69 Å². The summed E-state index contributed by atoms with van der Waals surface area (Å²) in [5.41, 5.74) is 0. The van der Waals surface area contributed by atoms with E-state index in [0.717, 1.165) is 58.0 Å². The van der Waals surface area contributed by atoms with Gasteiger partial charge in [0.25, 0.3) is 0 Å². The van der Waals surface area contributed by atoms with E-state index in [1.54, 1.807) is 0 Å². The van der Waals surface area contributed by atoms with E-state index >= 15 is 0 Å². The van der Waals surface area contributed by atoms with Crippen LogP contribution in [-0.2, 0) is 9.53 Å². The smallest absolute Gasteiger partial charge is 0.305 e. The summed E-state index contributed by atoms with van der Waals surface area (Å²) in [5, 5.41) is 20.4. The van der Waals surface area contributed by atoms with Gasteiger partial charge in [0, 0.05) is 37.9 Å². The number of aliphatic hydroxyl groups is 2. The van der Waals surface area contributed by atoms with Crippen LogP contribution in [-0.4, -0.2) is 65.3 Å². The first-order valence-electron chi connectivity index (χ1n) is 21.8. The van der Waals surface area contributed by atoms with E-state index in [4.69, 9.17) is 17.4 Å². The van der Waals surface area contributed by atoms with Crippen molar-refractivity contribution in [1.82, 2.24) is 4.90 Å². The summed E-state index contributed by atoms with van der Waals surface area (Å²) in [6.07, 6.45) is 37.1. The Labute approximate surface area is 312 Å². The van der Waals surface area contributed by atoms with Crippen LogP contribution in [0.15, 0.2) is 0 Å². The number of nitrogens with zero attached hydrogens (tertiary/aromatic N) is 1. The van der Waals surface area contributed by atoms with Crippen LogP contribution in [0.4, 0.5) is 0 Å². The van der Waals surface area contributed by atoms with Gasteiger partial charge in [-0.1, -0.05) is 175 Å². The lowest BCUT2D eigenvalue weighted by atomic mass is 9.94. The van der Waals surface area contributed by atoms with E-state index in [-0.39, 0.29) is 23.9 Å². The third kappa shape index (κ3) is 35.9. The zero-order chi connectivity index (χ0) is 36.0. The van der Waals surface area contributed by atoms with E-state index in [2.05, 4.69) is 25.7 Å². The fourth-order valence-electron chi connectivity index (χ4n) is 7.04. The van der Waals surface area contributed by atoms with Gasteiger partial charge in [-0.15, -0.1) is 0 Å². The van der Waals surface area contributed by atoms with Crippen LogP contribution in [0.1, 0.15) is 220 Å². The second-order valence-corrected chi connectivity index (χ2v) is 16.1. The average molecular weight is 714 g/mol. The Morgan fingerprint density at radius 2 is 1.00 bits per heavy atom. The first kappa shape index (κ1) is 48.7. The molecule has 0 aliphatic rings. The van der Waals surface area contributed by atoms with E-state index in [0.29, 0.717) is 25.5 Å². The lowest BCUT2D eigenvalue weighted by molar-refractivity contribution is -0.145. The maximum atomic E-state index is 12.6. The molecule has 2 unspecified atom stereocenters. The van der Waals surface area contributed by atoms with E-state index in [1.807, 2.05) is 0 Å². The third-order valence-corrected chi connectivity index (χ3v) is 10.7. The van der Waals surface area contributed by atoms with Gasteiger partial charge in [-0.2, -0.15) is 12.6 Å². The molecule has 0 saturated carbocycles. The molecular formula is C43H87NO4S. The monoisotopic (exact) mass is 714 g/mol. The van der Waals surface area contributed by atoms with Crippen LogP contribution in [0.3, 0.4) is 0 Å². The molecular weight excluding hydrogens is 627 g/mol. The Kier molecular flexibility index (Phi) is 38.7. The highest BCUT2D eigenvalue weighted by Gasteiger charge is 2.16. The largest absolute Gasteiger partial charge is 0.465 e. The van der Waals surface area contributed by atoms with Crippen molar-refractivity contribution in [3.63, 3.8) is 0 Å². The summed E-state index contributed by atoms with van der Waals surface area (Å²) in [4.78, 5) is 14.9. The molecule has 0 aromatic heterocycles. The van der Waals surface area contributed by atoms with Gasteiger partial charge < -0.3 is 14.9 Å². The average Bonchev–Trinajstić information content (AvgIpc) is 3.09. The van der Waals surface area contributed by atoms with Crippen molar-refractivity contribution in [2.75, 3.05) is 32.8 Å². The van der Waals surface area contributed by atoms with Crippen molar-refractivity contribution >= 4 is 18.6 Å². The number of esters is 1. The maximum absolute atomic E-state index is 12.6. The minimum absolute atomic E-state index is 0.0232. The van der Waals surface area contributed by atoms with Crippen molar-refractivity contribution in [2.24, 2.45) is 5.92 Å². The number of aliphatic hydroxyl groups excluding tert-OH is 2. The second kappa shape index (κ2) is 38.9. The second-order valence-electron chi connectivity index (χ2n) is 15.4. The minimum atomic E-state index is -0.310. The Hall–Kier alpha value is -0.300. The van der Waals surface area contributed by atoms with E-state index < -0.39 is 0 Å². The topological polar surface area (TPSA) is 70.0 Å². The lowest BCUT2D eigenvalue weighted by Crippen LogP contribution is -2.37. The molecule has 0 heterocycles. The molecule has 2 atom stereocenters. The molecule has 0 amide bonds. The van der Waals surface area contributed by atoms with Crippen molar-refractivity contribution in [1.29, 1.82) is 0 Å². The van der Waals surface area contributed by atoms with Crippen molar-refractivity contribution in [2.45, 2.75) is 231 Å². The van der Waals surface area contributed by atoms with Gasteiger partial charge in [-0.25, -0.2) is 0 Å². The number of ether oxygens (including phenoxy) is 1. The van der Waals surface area contributed by atoms with Crippen LogP contribution in [0.2, 0.25) is 0 Å².